The van der Waals surface area contributed by atoms with Crippen molar-refractivity contribution in [3.8, 4) is 16.9 Å². The first-order chi connectivity index (χ1) is 14.0. The van der Waals surface area contributed by atoms with Crippen molar-refractivity contribution in [3.05, 3.63) is 42.2 Å². The molecule has 3 aliphatic rings. The number of pyridine rings is 1. The normalized spacial score (nSPS) is 25.2. The summed E-state index contributed by atoms with van der Waals surface area (Å²) in [7, 11) is 1.69. The van der Waals surface area contributed by atoms with Crippen molar-refractivity contribution in [2.75, 3.05) is 31.7 Å². The highest BCUT2D eigenvalue weighted by molar-refractivity contribution is 5.94. The lowest BCUT2D eigenvalue weighted by atomic mass is 10.0. The molecule has 0 radical (unpaired) electrons. The molecule has 150 valence electrons. The van der Waals surface area contributed by atoms with E-state index in [0.717, 1.165) is 11.1 Å². The topological polar surface area (TPSA) is 101 Å². The number of nitrogens with zero attached hydrogens (tertiary/aromatic N) is 3. The predicted octanol–water partition coefficient (Wildman–Crippen LogP) is 1.95. The smallest absolute Gasteiger partial charge is 0.415 e. The van der Waals surface area contributed by atoms with Crippen LogP contribution in [0.2, 0.25) is 0 Å². The lowest BCUT2D eigenvalue weighted by Crippen LogP contribution is -2.45. The van der Waals surface area contributed by atoms with Crippen LogP contribution in [-0.2, 0) is 9.47 Å². The summed E-state index contributed by atoms with van der Waals surface area (Å²) in [4.78, 5) is 31.2. The molecule has 1 aromatic carbocycles. The van der Waals surface area contributed by atoms with Gasteiger partial charge in [0.15, 0.2) is 12.2 Å². The lowest BCUT2D eigenvalue weighted by Gasteiger charge is -2.31. The zero-order chi connectivity index (χ0) is 20.1. The third kappa shape index (κ3) is 2.85. The van der Waals surface area contributed by atoms with Gasteiger partial charge in [0.1, 0.15) is 18.4 Å². The van der Waals surface area contributed by atoms with Crippen molar-refractivity contribution >= 4 is 17.9 Å². The number of likely N-dealkylation sites (N-methyl/N-ethyl adjacent to an activating group) is 1. The number of hydrogen-bond donors (Lipinski definition) is 1. The van der Waals surface area contributed by atoms with Gasteiger partial charge in [-0.25, -0.2) is 9.59 Å². The van der Waals surface area contributed by atoms with Gasteiger partial charge in [0, 0.05) is 18.8 Å². The molecule has 0 bridgehead atoms. The molecule has 1 aromatic heterocycles. The fourth-order valence-electron chi connectivity index (χ4n) is 3.86. The molecular weight excluding hydrogens is 378 g/mol. The first-order valence-electron chi connectivity index (χ1n) is 9.31. The van der Waals surface area contributed by atoms with Gasteiger partial charge in [-0.3, -0.25) is 9.88 Å². The zero-order valence-electron chi connectivity index (χ0n) is 15.6. The summed E-state index contributed by atoms with van der Waals surface area (Å²) in [6.07, 6.45) is -0.0639. The van der Waals surface area contributed by atoms with Crippen LogP contribution >= 0.6 is 0 Å². The second-order valence-corrected chi connectivity index (χ2v) is 7.26. The van der Waals surface area contributed by atoms with Crippen molar-refractivity contribution < 1.29 is 28.9 Å². The first-order valence-corrected chi connectivity index (χ1v) is 9.31. The van der Waals surface area contributed by atoms with Gasteiger partial charge < -0.3 is 24.2 Å². The molecule has 0 spiro atoms. The number of carbonyl (C=O) groups is 2. The molecular formula is C20H19N3O6. The number of cyclic esters (lactones) is 2. The van der Waals surface area contributed by atoms with Gasteiger partial charge in [0.25, 0.3) is 0 Å². The quantitative estimate of drug-likeness (QED) is 0.845. The summed E-state index contributed by atoms with van der Waals surface area (Å²) in [5.41, 5.74) is 3.07. The Balaban J connectivity index is 1.40. The number of aromatic nitrogens is 1. The van der Waals surface area contributed by atoms with Crippen LogP contribution in [0.25, 0.3) is 11.1 Å². The molecule has 4 heterocycles. The number of carbonyl (C=O) groups excluding carboxylic acids is 2. The third-order valence-corrected chi connectivity index (χ3v) is 5.46. The van der Waals surface area contributed by atoms with Gasteiger partial charge in [-0.05, 0) is 23.8 Å². The minimum atomic E-state index is -0.587. The SMILES string of the molecule is CN1CC(c2ccc(-c3ccc4c(c3)OCC3C(CO)OC(=O)N43)cn2)OC1=O. The Kier molecular flexibility index (Phi) is 4.06. The van der Waals surface area contributed by atoms with Crippen molar-refractivity contribution in [1.29, 1.82) is 0 Å². The van der Waals surface area contributed by atoms with Crippen LogP contribution in [0.4, 0.5) is 15.3 Å². The van der Waals surface area contributed by atoms with E-state index in [2.05, 4.69) is 4.98 Å². The number of anilines is 1. The molecule has 9 nitrogen and oxygen atoms in total. The number of ether oxygens (including phenoxy) is 3. The van der Waals surface area contributed by atoms with E-state index >= 15 is 0 Å². The van der Waals surface area contributed by atoms with Gasteiger partial charge in [-0.15, -0.1) is 0 Å². The fraction of sp³-hybridized carbons (Fsp3) is 0.350. The van der Waals surface area contributed by atoms with Crippen molar-refractivity contribution in [2.24, 2.45) is 0 Å². The van der Waals surface area contributed by atoms with Gasteiger partial charge in [-0.2, -0.15) is 0 Å². The molecule has 3 atom stereocenters. The van der Waals surface area contributed by atoms with Crippen LogP contribution in [0.15, 0.2) is 36.5 Å². The summed E-state index contributed by atoms with van der Waals surface area (Å²) in [6.45, 7) is 0.485. The van der Waals surface area contributed by atoms with Gasteiger partial charge >= 0.3 is 12.2 Å². The molecule has 2 fully saturated rings. The zero-order valence-corrected chi connectivity index (χ0v) is 15.6. The molecule has 9 heteroatoms. The Labute approximate surface area is 166 Å². The Morgan fingerprint density at radius 2 is 1.97 bits per heavy atom. The second-order valence-electron chi connectivity index (χ2n) is 7.26. The van der Waals surface area contributed by atoms with E-state index in [9.17, 15) is 14.7 Å². The van der Waals surface area contributed by atoms with E-state index in [-0.39, 0.29) is 31.5 Å². The standard InChI is InChI=1S/C20H19N3O6/c1-22-8-17(28-19(22)25)13-4-2-12(7-21-13)11-3-5-14-16(6-11)27-10-15-18(9-24)29-20(26)23(14)15/h2-7,15,17-18,24H,8-10H2,1H3. The fourth-order valence-corrected chi connectivity index (χ4v) is 3.86. The van der Waals surface area contributed by atoms with Gasteiger partial charge in [0.05, 0.1) is 24.5 Å². The predicted molar refractivity (Wildman–Crippen MR) is 101 cm³/mol. The van der Waals surface area contributed by atoms with Crippen LogP contribution in [0, 0.1) is 0 Å². The van der Waals surface area contributed by atoms with E-state index in [1.54, 1.807) is 19.3 Å². The largest absolute Gasteiger partial charge is 0.489 e. The van der Waals surface area contributed by atoms with E-state index in [1.807, 2.05) is 24.3 Å². The maximum Gasteiger partial charge on any atom is 0.415 e. The minimum Gasteiger partial charge on any atom is -0.489 e. The molecule has 1 N–H and O–H groups in total. The first kappa shape index (κ1) is 17.7. The third-order valence-electron chi connectivity index (χ3n) is 5.46. The van der Waals surface area contributed by atoms with Crippen molar-refractivity contribution in [3.63, 3.8) is 0 Å². The summed E-state index contributed by atoms with van der Waals surface area (Å²) < 4.78 is 16.3. The van der Waals surface area contributed by atoms with Crippen molar-refractivity contribution in [1.82, 2.24) is 9.88 Å². The summed E-state index contributed by atoms with van der Waals surface area (Å²) in [6, 6.07) is 8.95. The molecule has 29 heavy (non-hydrogen) atoms. The van der Waals surface area contributed by atoms with Crippen LogP contribution in [0.1, 0.15) is 11.8 Å². The Bertz CT molecular complexity index is 979. The summed E-state index contributed by atoms with van der Waals surface area (Å²) >= 11 is 0. The van der Waals surface area contributed by atoms with Gasteiger partial charge in [-0.1, -0.05) is 12.1 Å². The number of amides is 2. The van der Waals surface area contributed by atoms with E-state index in [1.165, 1.54) is 9.80 Å². The summed E-state index contributed by atoms with van der Waals surface area (Å²) in [5, 5.41) is 9.40. The maximum atomic E-state index is 12.2. The van der Waals surface area contributed by atoms with E-state index in [4.69, 9.17) is 14.2 Å². The maximum absolute atomic E-state index is 12.2. The minimum absolute atomic E-state index is 0.242. The van der Waals surface area contributed by atoms with Gasteiger partial charge in [0.2, 0.25) is 0 Å². The molecule has 2 aromatic rings. The van der Waals surface area contributed by atoms with Crippen LogP contribution in [-0.4, -0.2) is 66.1 Å². The second kappa shape index (κ2) is 6.63. The number of benzene rings is 1. The summed E-state index contributed by atoms with van der Waals surface area (Å²) in [5.74, 6) is 0.574. The molecule has 5 rings (SSSR count). The molecule has 2 saturated heterocycles. The number of aliphatic hydroxyl groups is 1. The monoisotopic (exact) mass is 397 g/mol. The van der Waals surface area contributed by atoms with Crippen LogP contribution in [0.5, 0.6) is 5.75 Å². The molecule has 3 aliphatic heterocycles. The number of fused-ring (bicyclic) bond motifs is 3. The average Bonchev–Trinajstić information content (AvgIpc) is 3.26. The van der Waals surface area contributed by atoms with E-state index < -0.39 is 12.2 Å². The highest BCUT2D eigenvalue weighted by Gasteiger charge is 2.46. The molecule has 2 amide bonds. The lowest BCUT2D eigenvalue weighted by molar-refractivity contribution is 0.0734. The van der Waals surface area contributed by atoms with E-state index in [0.29, 0.717) is 23.7 Å². The number of hydrogen-bond acceptors (Lipinski definition) is 7. The van der Waals surface area contributed by atoms with Crippen LogP contribution in [0.3, 0.4) is 0 Å². The van der Waals surface area contributed by atoms with Crippen molar-refractivity contribution in [2.45, 2.75) is 18.2 Å². The number of aliphatic hydroxyl groups excluding tert-OH is 1. The molecule has 0 saturated carbocycles. The Hall–Kier alpha value is -3.33. The highest BCUT2D eigenvalue weighted by Crippen LogP contribution is 2.41. The molecule has 3 unspecified atom stereocenters. The molecule has 0 aliphatic carbocycles. The highest BCUT2D eigenvalue weighted by atomic mass is 16.6. The Morgan fingerprint density at radius 3 is 2.66 bits per heavy atom. The average molecular weight is 397 g/mol. The van der Waals surface area contributed by atoms with Crippen LogP contribution < -0.4 is 9.64 Å². The Morgan fingerprint density at radius 1 is 1.14 bits per heavy atom. The number of rotatable bonds is 3.